The zero-order valence-electron chi connectivity index (χ0n) is 14.0. The van der Waals surface area contributed by atoms with Gasteiger partial charge in [0.1, 0.15) is 5.69 Å². The highest BCUT2D eigenvalue weighted by molar-refractivity contribution is 7.13. The molecule has 0 aliphatic carbocycles. The van der Waals surface area contributed by atoms with E-state index in [9.17, 15) is 4.79 Å². The van der Waals surface area contributed by atoms with Crippen LogP contribution in [0.1, 0.15) is 12.6 Å². The molecule has 1 amide bonds. The van der Waals surface area contributed by atoms with Crippen molar-refractivity contribution in [3.05, 3.63) is 29.3 Å². The fourth-order valence-corrected chi connectivity index (χ4v) is 2.44. The molecule has 0 spiro atoms. The molecule has 0 atom stereocenters. The lowest BCUT2D eigenvalue weighted by Crippen LogP contribution is -2.32. The Morgan fingerprint density at radius 1 is 1.32 bits per heavy atom. The molecule has 4 N–H and O–H groups in total. The van der Waals surface area contributed by atoms with Gasteiger partial charge in [-0.05, 0) is 12.1 Å². The second-order valence-corrected chi connectivity index (χ2v) is 5.72. The van der Waals surface area contributed by atoms with Crippen molar-refractivity contribution in [1.29, 1.82) is 0 Å². The molecule has 0 aliphatic rings. The number of thiazole rings is 1. The SMILES string of the molecule is COCCONC(N)=Nc1nc(-c2cccc(CNC(C)=O)n2)cs1. The molecule has 2 aromatic heterocycles. The van der Waals surface area contributed by atoms with Gasteiger partial charge in [0.05, 0.1) is 31.1 Å². The molecule has 10 heteroatoms. The van der Waals surface area contributed by atoms with Gasteiger partial charge in [-0.2, -0.15) is 4.99 Å². The number of nitrogens with one attached hydrogen (secondary N) is 2. The predicted octanol–water partition coefficient (Wildman–Crippen LogP) is 0.955. The first-order valence-electron chi connectivity index (χ1n) is 7.45. The van der Waals surface area contributed by atoms with Gasteiger partial charge in [-0.3, -0.25) is 9.63 Å². The van der Waals surface area contributed by atoms with Gasteiger partial charge in [0.15, 0.2) is 0 Å². The Balaban J connectivity index is 2.00. The van der Waals surface area contributed by atoms with Crippen molar-refractivity contribution in [2.45, 2.75) is 13.5 Å². The number of aromatic nitrogens is 2. The van der Waals surface area contributed by atoms with E-state index in [1.165, 1.54) is 18.3 Å². The van der Waals surface area contributed by atoms with Crippen LogP contribution in [0.25, 0.3) is 11.4 Å². The van der Waals surface area contributed by atoms with E-state index in [2.05, 4.69) is 25.8 Å². The Hall–Kier alpha value is -2.56. The average molecular weight is 364 g/mol. The summed E-state index contributed by atoms with van der Waals surface area (Å²) in [6.07, 6.45) is 0. The smallest absolute Gasteiger partial charge is 0.220 e. The molecule has 0 fully saturated rings. The molecule has 0 saturated carbocycles. The number of carbonyl (C=O) groups excluding carboxylic acids is 1. The van der Waals surface area contributed by atoms with Crippen molar-refractivity contribution >= 4 is 28.3 Å². The van der Waals surface area contributed by atoms with E-state index in [4.69, 9.17) is 15.3 Å². The van der Waals surface area contributed by atoms with E-state index in [1.54, 1.807) is 7.11 Å². The third kappa shape index (κ3) is 6.45. The fourth-order valence-electron chi connectivity index (χ4n) is 1.74. The van der Waals surface area contributed by atoms with Gasteiger partial charge in [-0.25, -0.2) is 15.4 Å². The maximum absolute atomic E-state index is 11.0. The van der Waals surface area contributed by atoms with Crippen molar-refractivity contribution in [3.8, 4) is 11.4 Å². The molecular weight excluding hydrogens is 344 g/mol. The van der Waals surface area contributed by atoms with Crippen LogP contribution < -0.4 is 16.5 Å². The number of rotatable bonds is 8. The Morgan fingerprint density at radius 2 is 2.16 bits per heavy atom. The van der Waals surface area contributed by atoms with Crippen LogP contribution >= 0.6 is 11.3 Å². The van der Waals surface area contributed by atoms with Gasteiger partial charge in [0.2, 0.25) is 17.0 Å². The number of pyridine rings is 1. The minimum absolute atomic E-state index is 0.101. The predicted molar refractivity (Wildman–Crippen MR) is 95.1 cm³/mol. The second kappa shape index (κ2) is 9.67. The summed E-state index contributed by atoms with van der Waals surface area (Å²) < 4.78 is 4.85. The quantitative estimate of drug-likeness (QED) is 0.276. The first-order valence-corrected chi connectivity index (χ1v) is 8.33. The van der Waals surface area contributed by atoms with Crippen LogP contribution in [0.3, 0.4) is 0 Å². The molecule has 0 aliphatic heterocycles. The Morgan fingerprint density at radius 3 is 2.92 bits per heavy atom. The topological polar surface area (TPSA) is 124 Å². The van der Waals surface area contributed by atoms with Crippen LogP contribution in [-0.2, 0) is 20.9 Å². The highest BCUT2D eigenvalue weighted by atomic mass is 32.1. The first kappa shape index (κ1) is 18.8. The van der Waals surface area contributed by atoms with Gasteiger partial charge >= 0.3 is 0 Å². The lowest BCUT2D eigenvalue weighted by atomic mass is 10.2. The number of amides is 1. The molecule has 2 rings (SSSR count). The minimum atomic E-state index is -0.104. The number of hydrogen-bond donors (Lipinski definition) is 3. The number of hydrogen-bond acceptors (Lipinski definition) is 7. The number of guanidine groups is 1. The summed E-state index contributed by atoms with van der Waals surface area (Å²) in [6, 6.07) is 5.54. The summed E-state index contributed by atoms with van der Waals surface area (Å²) >= 11 is 1.33. The molecule has 25 heavy (non-hydrogen) atoms. The first-order chi connectivity index (χ1) is 12.1. The van der Waals surface area contributed by atoms with Crippen LogP contribution in [0.15, 0.2) is 28.6 Å². The number of nitrogens with two attached hydrogens (primary N) is 1. The van der Waals surface area contributed by atoms with Crippen molar-refractivity contribution < 1.29 is 14.4 Å². The monoisotopic (exact) mass is 364 g/mol. The number of nitrogens with zero attached hydrogens (tertiary/aromatic N) is 3. The number of aliphatic imine (C=N–C) groups is 1. The summed E-state index contributed by atoms with van der Waals surface area (Å²) in [4.78, 5) is 29.0. The minimum Gasteiger partial charge on any atom is -0.382 e. The zero-order valence-corrected chi connectivity index (χ0v) is 14.8. The van der Waals surface area contributed by atoms with Crippen LogP contribution in [0.2, 0.25) is 0 Å². The van der Waals surface area contributed by atoms with Crippen molar-refractivity contribution in [2.75, 3.05) is 20.3 Å². The van der Waals surface area contributed by atoms with Crippen LogP contribution in [0.5, 0.6) is 0 Å². The number of ether oxygens (including phenoxy) is 1. The molecule has 0 aromatic carbocycles. The second-order valence-electron chi connectivity index (χ2n) is 4.88. The maximum Gasteiger partial charge on any atom is 0.220 e. The third-order valence-corrected chi connectivity index (χ3v) is 3.60. The van der Waals surface area contributed by atoms with E-state index in [0.717, 1.165) is 5.69 Å². The summed E-state index contributed by atoms with van der Waals surface area (Å²) in [5.41, 5.74) is 10.3. The largest absolute Gasteiger partial charge is 0.382 e. The molecule has 9 nitrogen and oxygen atoms in total. The van der Waals surface area contributed by atoms with Gasteiger partial charge in [-0.15, -0.1) is 11.3 Å². The van der Waals surface area contributed by atoms with E-state index < -0.39 is 0 Å². The number of methoxy groups -OCH3 is 1. The van der Waals surface area contributed by atoms with Gasteiger partial charge in [0, 0.05) is 19.4 Å². The standard InChI is InChI=1S/C15H20N6O3S/c1-10(22)17-8-11-4-3-5-12(18-11)13-9-25-15(19-13)20-14(16)21-24-7-6-23-2/h3-5,9H,6-8H2,1-2H3,(H,17,22)(H3,16,19,20,21). The normalized spacial score (nSPS) is 11.4. The lowest BCUT2D eigenvalue weighted by Gasteiger charge is -2.04. The molecule has 0 unspecified atom stereocenters. The fraction of sp³-hybridized carbons (Fsp3) is 0.333. The van der Waals surface area contributed by atoms with Crippen molar-refractivity contribution in [1.82, 2.24) is 20.8 Å². The van der Waals surface area contributed by atoms with E-state index in [0.29, 0.717) is 36.3 Å². The molecule has 2 heterocycles. The van der Waals surface area contributed by atoms with E-state index >= 15 is 0 Å². The molecule has 0 radical (unpaired) electrons. The summed E-state index contributed by atoms with van der Waals surface area (Å²) in [6.45, 7) is 2.63. The summed E-state index contributed by atoms with van der Waals surface area (Å²) in [5.74, 6) is -0.00227. The van der Waals surface area contributed by atoms with Crippen molar-refractivity contribution in [3.63, 3.8) is 0 Å². The number of hydroxylamine groups is 1. The zero-order chi connectivity index (χ0) is 18.1. The van der Waals surface area contributed by atoms with Crippen molar-refractivity contribution in [2.24, 2.45) is 10.7 Å². The van der Waals surface area contributed by atoms with Gasteiger partial charge < -0.3 is 15.8 Å². The lowest BCUT2D eigenvalue weighted by molar-refractivity contribution is -0.119. The van der Waals surface area contributed by atoms with Crippen LogP contribution in [0, 0.1) is 0 Å². The average Bonchev–Trinajstić information content (AvgIpc) is 3.05. The molecular formula is C15H20N6O3S. The third-order valence-electron chi connectivity index (χ3n) is 2.86. The Labute approximate surface area is 149 Å². The molecule has 134 valence electrons. The molecule has 2 aromatic rings. The maximum atomic E-state index is 11.0. The van der Waals surface area contributed by atoms with E-state index in [1.807, 2.05) is 23.6 Å². The van der Waals surface area contributed by atoms with E-state index in [-0.39, 0.29) is 11.9 Å². The highest BCUT2D eigenvalue weighted by Gasteiger charge is 2.07. The van der Waals surface area contributed by atoms with Gasteiger partial charge in [0.25, 0.3) is 0 Å². The summed E-state index contributed by atoms with van der Waals surface area (Å²) in [5, 5.41) is 5.02. The Bertz CT molecular complexity index is 734. The van der Waals surface area contributed by atoms with Crippen LogP contribution in [0.4, 0.5) is 5.13 Å². The molecule has 0 bridgehead atoms. The van der Waals surface area contributed by atoms with Crippen LogP contribution in [-0.4, -0.2) is 42.2 Å². The summed E-state index contributed by atoms with van der Waals surface area (Å²) in [7, 11) is 1.58. The Kier molecular flexibility index (Phi) is 7.26. The molecule has 0 saturated heterocycles. The number of carbonyl (C=O) groups is 1. The van der Waals surface area contributed by atoms with Gasteiger partial charge in [-0.1, -0.05) is 6.07 Å². The highest BCUT2D eigenvalue weighted by Crippen LogP contribution is 2.25.